The van der Waals surface area contributed by atoms with Gasteiger partial charge < -0.3 is 4.42 Å². The maximum Gasteiger partial charge on any atom is 0.249 e. The van der Waals surface area contributed by atoms with E-state index in [1.54, 1.807) is 18.2 Å². The first-order chi connectivity index (χ1) is 11.9. The minimum atomic E-state index is 0.0143. The molecule has 0 radical (unpaired) electrons. The van der Waals surface area contributed by atoms with Gasteiger partial charge in [0.1, 0.15) is 0 Å². The summed E-state index contributed by atoms with van der Waals surface area (Å²) in [6, 6.07) is 13.8. The quantitative estimate of drug-likeness (QED) is 0.518. The lowest BCUT2D eigenvalue weighted by atomic mass is 9.97. The first kappa shape index (κ1) is 18.0. The van der Waals surface area contributed by atoms with Crippen LogP contribution in [-0.4, -0.2) is 10.2 Å². The molecule has 0 fully saturated rings. The molecule has 25 heavy (non-hydrogen) atoms. The smallest absolute Gasteiger partial charge is 0.249 e. The van der Waals surface area contributed by atoms with Crippen LogP contribution in [0.15, 0.2) is 46.9 Å². The summed E-state index contributed by atoms with van der Waals surface area (Å²) in [7, 11) is 0. The first-order valence-corrected chi connectivity index (χ1v) is 9.07. The van der Waals surface area contributed by atoms with Gasteiger partial charge in [0.15, 0.2) is 0 Å². The van der Waals surface area contributed by atoms with Crippen molar-refractivity contribution in [2.24, 2.45) is 5.92 Å². The van der Waals surface area contributed by atoms with E-state index in [-0.39, 0.29) is 5.92 Å². The molecule has 0 saturated carbocycles. The standard InChI is InChI=1S/C20H20Cl2N2O/c1-12(2)10-14-4-6-15(7-5-14)13(3)19-23-24-20(25-19)17-9-8-16(21)11-18(17)22/h4-9,11-13H,10H2,1-3H3/t13-/m0/s1. The van der Waals surface area contributed by atoms with Crippen molar-refractivity contribution in [2.75, 3.05) is 0 Å². The lowest BCUT2D eigenvalue weighted by Gasteiger charge is -2.09. The van der Waals surface area contributed by atoms with Crippen molar-refractivity contribution < 1.29 is 4.42 Å². The average molecular weight is 375 g/mol. The summed E-state index contributed by atoms with van der Waals surface area (Å²) in [5, 5.41) is 9.40. The van der Waals surface area contributed by atoms with Crippen LogP contribution in [0.4, 0.5) is 0 Å². The Balaban J connectivity index is 1.81. The number of rotatable bonds is 5. The lowest BCUT2D eigenvalue weighted by Crippen LogP contribution is -1.98. The third-order valence-corrected chi connectivity index (χ3v) is 4.64. The molecule has 0 bridgehead atoms. The van der Waals surface area contributed by atoms with Crippen LogP contribution >= 0.6 is 23.2 Å². The van der Waals surface area contributed by atoms with E-state index in [1.165, 1.54) is 5.56 Å². The van der Waals surface area contributed by atoms with Crippen molar-refractivity contribution in [1.29, 1.82) is 0 Å². The Kier molecular flexibility index (Phi) is 5.45. The van der Waals surface area contributed by atoms with E-state index in [0.29, 0.717) is 33.3 Å². The zero-order chi connectivity index (χ0) is 18.0. The number of aromatic nitrogens is 2. The Hall–Kier alpha value is -1.84. The van der Waals surface area contributed by atoms with Gasteiger partial charge in [-0.05, 0) is 48.6 Å². The van der Waals surface area contributed by atoms with Crippen molar-refractivity contribution in [3.8, 4) is 11.5 Å². The monoisotopic (exact) mass is 374 g/mol. The Morgan fingerprint density at radius 3 is 2.32 bits per heavy atom. The molecule has 2 aromatic carbocycles. The summed E-state index contributed by atoms with van der Waals surface area (Å²) in [6.45, 7) is 6.50. The van der Waals surface area contributed by atoms with Gasteiger partial charge in [0, 0.05) is 5.02 Å². The molecule has 0 amide bonds. The van der Waals surface area contributed by atoms with E-state index in [2.05, 4.69) is 55.2 Å². The van der Waals surface area contributed by atoms with Gasteiger partial charge in [-0.1, -0.05) is 61.3 Å². The van der Waals surface area contributed by atoms with Gasteiger partial charge >= 0.3 is 0 Å². The summed E-state index contributed by atoms with van der Waals surface area (Å²) >= 11 is 12.1. The molecule has 0 aliphatic rings. The molecule has 0 spiro atoms. The van der Waals surface area contributed by atoms with Gasteiger partial charge in [-0.15, -0.1) is 10.2 Å². The van der Waals surface area contributed by atoms with Crippen molar-refractivity contribution in [3.05, 3.63) is 69.5 Å². The maximum atomic E-state index is 6.22. The van der Waals surface area contributed by atoms with Crippen LogP contribution in [0.2, 0.25) is 10.0 Å². The molecule has 0 aliphatic heterocycles. The van der Waals surface area contributed by atoms with Crippen molar-refractivity contribution in [3.63, 3.8) is 0 Å². The van der Waals surface area contributed by atoms with Gasteiger partial charge in [0.2, 0.25) is 11.8 Å². The molecule has 0 N–H and O–H groups in total. The summed E-state index contributed by atoms with van der Waals surface area (Å²) < 4.78 is 5.85. The highest BCUT2D eigenvalue weighted by atomic mass is 35.5. The molecule has 130 valence electrons. The molecular weight excluding hydrogens is 355 g/mol. The number of benzene rings is 2. The molecular formula is C20H20Cl2N2O. The number of hydrogen-bond donors (Lipinski definition) is 0. The molecule has 1 atom stereocenters. The van der Waals surface area contributed by atoms with Gasteiger partial charge in [-0.25, -0.2) is 0 Å². The maximum absolute atomic E-state index is 6.22. The third kappa shape index (κ3) is 4.23. The van der Waals surface area contributed by atoms with Gasteiger partial charge in [0.05, 0.1) is 16.5 Å². The minimum Gasteiger partial charge on any atom is -0.420 e. The van der Waals surface area contributed by atoms with E-state index in [1.807, 2.05) is 0 Å². The van der Waals surface area contributed by atoms with Crippen LogP contribution in [0, 0.1) is 5.92 Å². The van der Waals surface area contributed by atoms with Crippen LogP contribution in [0.25, 0.3) is 11.5 Å². The Labute approximate surface area is 158 Å². The summed E-state index contributed by atoms with van der Waals surface area (Å²) in [5.74, 6) is 1.63. The van der Waals surface area contributed by atoms with E-state index in [9.17, 15) is 0 Å². The molecule has 3 nitrogen and oxygen atoms in total. The zero-order valence-electron chi connectivity index (χ0n) is 14.5. The number of hydrogen-bond acceptors (Lipinski definition) is 3. The summed E-state index contributed by atoms with van der Waals surface area (Å²) in [4.78, 5) is 0. The average Bonchev–Trinajstić information content (AvgIpc) is 3.04. The minimum absolute atomic E-state index is 0.0143. The Morgan fingerprint density at radius 1 is 0.960 bits per heavy atom. The fourth-order valence-corrected chi connectivity index (χ4v) is 3.23. The fourth-order valence-electron chi connectivity index (χ4n) is 2.74. The highest BCUT2D eigenvalue weighted by Crippen LogP contribution is 2.31. The highest BCUT2D eigenvalue weighted by molar-refractivity contribution is 6.36. The number of halogens is 2. The van der Waals surface area contributed by atoms with Crippen molar-refractivity contribution >= 4 is 23.2 Å². The first-order valence-electron chi connectivity index (χ1n) is 8.31. The Bertz CT molecular complexity index is 856. The lowest BCUT2D eigenvalue weighted by molar-refractivity contribution is 0.490. The molecule has 3 rings (SSSR count). The van der Waals surface area contributed by atoms with Crippen LogP contribution in [0.3, 0.4) is 0 Å². The molecule has 5 heteroatoms. The predicted octanol–water partition coefficient (Wildman–Crippen LogP) is 6.39. The molecule has 0 saturated heterocycles. The van der Waals surface area contributed by atoms with E-state index < -0.39 is 0 Å². The van der Waals surface area contributed by atoms with E-state index in [0.717, 1.165) is 12.0 Å². The van der Waals surface area contributed by atoms with Crippen molar-refractivity contribution in [1.82, 2.24) is 10.2 Å². The number of nitrogens with zero attached hydrogens (tertiary/aromatic N) is 2. The molecule has 0 aliphatic carbocycles. The summed E-state index contributed by atoms with van der Waals surface area (Å²) in [5.41, 5.74) is 3.17. The van der Waals surface area contributed by atoms with E-state index >= 15 is 0 Å². The molecule has 1 aromatic heterocycles. The molecule has 0 unspecified atom stereocenters. The second kappa shape index (κ2) is 7.59. The second-order valence-electron chi connectivity index (χ2n) is 6.63. The van der Waals surface area contributed by atoms with Crippen molar-refractivity contribution in [2.45, 2.75) is 33.1 Å². The van der Waals surface area contributed by atoms with Crippen LogP contribution in [0.1, 0.15) is 43.7 Å². The predicted molar refractivity (Wildman–Crippen MR) is 102 cm³/mol. The van der Waals surface area contributed by atoms with Crippen LogP contribution in [0.5, 0.6) is 0 Å². The molecule has 3 aromatic rings. The zero-order valence-corrected chi connectivity index (χ0v) is 16.0. The van der Waals surface area contributed by atoms with Crippen LogP contribution < -0.4 is 0 Å². The van der Waals surface area contributed by atoms with E-state index in [4.69, 9.17) is 27.6 Å². The van der Waals surface area contributed by atoms with Gasteiger partial charge in [0.25, 0.3) is 0 Å². The Morgan fingerprint density at radius 2 is 1.68 bits per heavy atom. The largest absolute Gasteiger partial charge is 0.420 e. The van der Waals surface area contributed by atoms with Gasteiger partial charge in [-0.2, -0.15) is 0 Å². The SMILES string of the molecule is CC(C)Cc1ccc([C@H](C)c2nnc(-c3ccc(Cl)cc3Cl)o2)cc1. The third-order valence-electron chi connectivity index (χ3n) is 4.10. The highest BCUT2D eigenvalue weighted by Gasteiger charge is 2.18. The molecule has 1 heterocycles. The van der Waals surface area contributed by atoms with Crippen LogP contribution in [-0.2, 0) is 6.42 Å². The normalized spacial score (nSPS) is 12.6. The summed E-state index contributed by atoms with van der Waals surface area (Å²) in [6.07, 6.45) is 1.08. The second-order valence-corrected chi connectivity index (χ2v) is 7.47. The topological polar surface area (TPSA) is 38.9 Å². The van der Waals surface area contributed by atoms with Gasteiger partial charge in [-0.3, -0.25) is 0 Å². The fraction of sp³-hybridized carbons (Fsp3) is 0.300.